The van der Waals surface area contributed by atoms with Crippen molar-refractivity contribution < 1.29 is 13.2 Å². The lowest BCUT2D eigenvalue weighted by Gasteiger charge is -2.30. The zero-order valence-corrected chi connectivity index (χ0v) is 14.3. The first-order chi connectivity index (χ1) is 10.9. The largest absolute Gasteiger partial charge is 0.497 e. The summed E-state index contributed by atoms with van der Waals surface area (Å²) in [7, 11) is -0.349. The van der Waals surface area contributed by atoms with Gasteiger partial charge >= 0.3 is 0 Å². The maximum Gasteiger partial charge on any atom is 0.267 e. The molecule has 0 radical (unpaired) electrons. The molecule has 0 N–H and O–H groups in total. The fraction of sp³-hybridized carbons (Fsp3) is 0.438. The zero-order valence-electron chi connectivity index (χ0n) is 13.5. The van der Waals surface area contributed by atoms with Gasteiger partial charge in [-0.25, -0.2) is 8.42 Å². The molecule has 1 aromatic carbocycles. The van der Waals surface area contributed by atoms with Crippen LogP contribution in [0.1, 0.15) is 19.8 Å². The molecular formula is C16H21N3O3S. The fourth-order valence-corrected chi connectivity index (χ4v) is 4.44. The van der Waals surface area contributed by atoms with Gasteiger partial charge < -0.3 is 4.74 Å². The topological polar surface area (TPSA) is 64.4 Å². The molecule has 0 unspecified atom stereocenters. The minimum atomic E-state index is -3.65. The number of rotatable bonds is 6. The Balaban J connectivity index is 2.04. The van der Waals surface area contributed by atoms with E-state index in [1.165, 1.54) is 21.4 Å². The minimum absolute atomic E-state index is 0.0893. The summed E-state index contributed by atoms with van der Waals surface area (Å²) in [5, 5.41) is 4.00. The first-order valence-corrected chi connectivity index (χ1v) is 9.04. The van der Waals surface area contributed by atoms with Crippen molar-refractivity contribution in [1.29, 1.82) is 0 Å². The number of hydrogen-bond acceptors (Lipinski definition) is 4. The predicted octanol–water partition coefficient (Wildman–Crippen LogP) is 2.42. The van der Waals surface area contributed by atoms with E-state index in [-0.39, 0.29) is 10.9 Å². The second-order valence-corrected chi connectivity index (χ2v) is 7.74. The number of aromatic nitrogens is 2. The predicted molar refractivity (Wildman–Crippen MR) is 88.1 cm³/mol. The van der Waals surface area contributed by atoms with E-state index in [9.17, 15) is 8.42 Å². The van der Waals surface area contributed by atoms with Crippen molar-refractivity contribution in [3.05, 3.63) is 36.7 Å². The quantitative estimate of drug-likeness (QED) is 0.813. The van der Waals surface area contributed by atoms with Crippen molar-refractivity contribution >= 4 is 15.7 Å². The molecule has 0 saturated heterocycles. The number of ether oxygens (including phenoxy) is 1. The van der Waals surface area contributed by atoms with Crippen LogP contribution in [0.4, 0.5) is 5.69 Å². The molecule has 1 saturated carbocycles. The lowest BCUT2D eigenvalue weighted by Crippen LogP contribution is -2.40. The van der Waals surface area contributed by atoms with E-state index in [4.69, 9.17) is 4.74 Å². The first kappa shape index (κ1) is 15.9. The van der Waals surface area contributed by atoms with Gasteiger partial charge in [-0.1, -0.05) is 0 Å². The summed E-state index contributed by atoms with van der Waals surface area (Å²) in [6.07, 6.45) is 5.06. The smallest absolute Gasteiger partial charge is 0.267 e. The molecule has 1 atom stereocenters. The third-order valence-electron chi connectivity index (χ3n) is 4.24. The van der Waals surface area contributed by atoms with Crippen LogP contribution < -0.4 is 9.04 Å². The molecule has 7 heteroatoms. The molecule has 23 heavy (non-hydrogen) atoms. The van der Waals surface area contributed by atoms with Crippen LogP contribution in [0, 0.1) is 5.92 Å². The van der Waals surface area contributed by atoms with Crippen LogP contribution in [0.3, 0.4) is 0 Å². The summed E-state index contributed by atoms with van der Waals surface area (Å²) in [6.45, 7) is 1.97. The zero-order chi connectivity index (χ0) is 16.6. The van der Waals surface area contributed by atoms with E-state index < -0.39 is 10.0 Å². The Bertz CT molecular complexity index is 779. The molecule has 1 heterocycles. The summed E-state index contributed by atoms with van der Waals surface area (Å²) in [4.78, 5) is 0.211. The van der Waals surface area contributed by atoms with Crippen LogP contribution in [0.15, 0.2) is 41.6 Å². The number of nitrogens with zero attached hydrogens (tertiary/aromatic N) is 3. The minimum Gasteiger partial charge on any atom is -0.497 e. The number of anilines is 1. The molecule has 6 nitrogen and oxygen atoms in total. The highest BCUT2D eigenvalue weighted by Gasteiger charge is 2.39. The van der Waals surface area contributed by atoms with Crippen molar-refractivity contribution in [2.75, 3.05) is 11.4 Å². The summed E-state index contributed by atoms with van der Waals surface area (Å²) in [5.74, 6) is 1.11. The maximum atomic E-state index is 13.1. The van der Waals surface area contributed by atoms with Crippen molar-refractivity contribution in [3.63, 3.8) is 0 Å². The summed E-state index contributed by atoms with van der Waals surface area (Å²) in [6, 6.07) is 7.03. The van der Waals surface area contributed by atoms with Gasteiger partial charge in [-0.2, -0.15) is 5.10 Å². The van der Waals surface area contributed by atoms with Gasteiger partial charge in [-0.15, -0.1) is 0 Å². The molecular weight excluding hydrogens is 314 g/mol. The average molecular weight is 335 g/mol. The highest BCUT2D eigenvalue weighted by Crippen LogP contribution is 2.39. The summed E-state index contributed by atoms with van der Waals surface area (Å²) < 4.78 is 34.4. The Morgan fingerprint density at radius 1 is 1.30 bits per heavy atom. The molecule has 0 amide bonds. The Morgan fingerprint density at radius 3 is 2.43 bits per heavy atom. The van der Waals surface area contributed by atoms with Crippen LogP contribution in [-0.2, 0) is 17.1 Å². The summed E-state index contributed by atoms with van der Waals surface area (Å²) >= 11 is 0. The molecule has 3 rings (SSSR count). The average Bonchev–Trinajstić information content (AvgIpc) is 3.29. The van der Waals surface area contributed by atoms with Gasteiger partial charge in [0.05, 0.1) is 19.0 Å². The Morgan fingerprint density at radius 2 is 1.96 bits per heavy atom. The molecule has 1 fully saturated rings. The third kappa shape index (κ3) is 3.06. The Labute approximate surface area is 136 Å². The van der Waals surface area contributed by atoms with E-state index in [0.29, 0.717) is 17.4 Å². The van der Waals surface area contributed by atoms with Gasteiger partial charge in [0.1, 0.15) is 10.6 Å². The second kappa shape index (κ2) is 5.88. The lowest BCUT2D eigenvalue weighted by atomic mass is 10.2. The molecule has 0 spiro atoms. The van der Waals surface area contributed by atoms with Crippen LogP contribution >= 0.6 is 0 Å². The van der Waals surface area contributed by atoms with Crippen LogP contribution in [-0.4, -0.2) is 31.3 Å². The van der Waals surface area contributed by atoms with E-state index in [2.05, 4.69) is 5.10 Å². The standard InChI is InChI=1S/C16H21N3O3S/c1-12(13-4-5-13)19(14-6-8-15(22-3)9-7-14)23(20,21)16-10-17-18(2)11-16/h6-13H,4-5H2,1-3H3/t12-/m0/s1. The number of aryl methyl sites for hydroxylation is 1. The molecule has 0 bridgehead atoms. The number of sulfonamides is 1. The Hall–Kier alpha value is -2.02. The molecule has 1 aliphatic rings. The molecule has 1 aliphatic carbocycles. The number of benzene rings is 1. The third-order valence-corrected chi connectivity index (χ3v) is 6.11. The van der Waals surface area contributed by atoms with Crippen molar-refractivity contribution in [2.24, 2.45) is 13.0 Å². The normalized spacial score (nSPS) is 16.1. The number of methoxy groups -OCH3 is 1. The molecule has 124 valence electrons. The van der Waals surface area contributed by atoms with Gasteiger partial charge in [-0.3, -0.25) is 8.99 Å². The lowest BCUT2D eigenvalue weighted by molar-refractivity contribution is 0.415. The van der Waals surface area contributed by atoms with E-state index in [1.54, 1.807) is 38.4 Å². The molecule has 1 aromatic heterocycles. The van der Waals surface area contributed by atoms with Crippen molar-refractivity contribution in [3.8, 4) is 5.75 Å². The van der Waals surface area contributed by atoms with Crippen LogP contribution in [0.2, 0.25) is 0 Å². The molecule has 0 aliphatic heterocycles. The van der Waals surface area contributed by atoms with E-state index in [0.717, 1.165) is 12.8 Å². The van der Waals surface area contributed by atoms with Gasteiger partial charge in [0, 0.05) is 19.3 Å². The highest BCUT2D eigenvalue weighted by molar-refractivity contribution is 7.92. The number of hydrogen-bond donors (Lipinski definition) is 0. The van der Waals surface area contributed by atoms with Gasteiger partial charge in [0.25, 0.3) is 10.0 Å². The first-order valence-electron chi connectivity index (χ1n) is 7.60. The highest BCUT2D eigenvalue weighted by atomic mass is 32.2. The Kier molecular flexibility index (Phi) is 4.06. The monoisotopic (exact) mass is 335 g/mol. The summed E-state index contributed by atoms with van der Waals surface area (Å²) in [5.41, 5.74) is 0.647. The SMILES string of the molecule is COc1ccc(N([C@@H](C)C2CC2)S(=O)(=O)c2cnn(C)c2)cc1. The van der Waals surface area contributed by atoms with Crippen LogP contribution in [0.25, 0.3) is 0 Å². The van der Waals surface area contributed by atoms with Gasteiger partial charge in [-0.05, 0) is 49.9 Å². The fourth-order valence-electron chi connectivity index (χ4n) is 2.74. The maximum absolute atomic E-state index is 13.1. The van der Waals surface area contributed by atoms with E-state index in [1.807, 2.05) is 6.92 Å². The van der Waals surface area contributed by atoms with E-state index >= 15 is 0 Å². The van der Waals surface area contributed by atoms with Gasteiger partial charge in [0.2, 0.25) is 0 Å². The van der Waals surface area contributed by atoms with Crippen molar-refractivity contribution in [2.45, 2.75) is 30.7 Å². The van der Waals surface area contributed by atoms with Gasteiger partial charge in [0.15, 0.2) is 0 Å². The second-order valence-electron chi connectivity index (χ2n) is 5.93. The molecule has 2 aromatic rings. The van der Waals surface area contributed by atoms with Crippen molar-refractivity contribution in [1.82, 2.24) is 9.78 Å². The van der Waals surface area contributed by atoms with Crippen LogP contribution in [0.5, 0.6) is 5.75 Å².